The Kier molecular flexibility index (Phi) is 5.66. The predicted molar refractivity (Wildman–Crippen MR) is 104 cm³/mol. The zero-order chi connectivity index (χ0) is 18.7. The van der Waals surface area contributed by atoms with Crippen molar-refractivity contribution in [3.8, 4) is 0 Å². The molecule has 26 heavy (non-hydrogen) atoms. The van der Waals surface area contributed by atoms with E-state index in [1.54, 1.807) is 48.5 Å². The van der Waals surface area contributed by atoms with Gasteiger partial charge in [0.05, 0.1) is 15.0 Å². The van der Waals surface area contributed by atoms with Gasteiger partial charge < -0.3 is 5.32 Å². The first-order valence-corrected chi connectivity index (χ1v) is 9.06. The van der Waals surface area contributed by atoms with Gasteiger partial charge in [0.2, 0.25) is 5.91 Å². The van der Waals surface area contributed by atoms with Crippen LogP contribution in [0.1, 0.15) is 5.56 Å². The van der Waals surface area contributed by atoms with Crippen LogP contribution in [0.5, 0.6) is 0 Å². The van der Waals surface area contributed by atoms with E-state index in [2.05, 4.69) is 5.32 Å². The summed E-state index contributed by atoms with van der Waals surface area (Å²) in [7, 11) is 0. The quantitative estimate of drug-likeness (QED) is 0.749. The first-order chi connectivity index (χ1) is 12.4. The number of imide groups is 1. The Morgan fingerprint density at radius 2 is 1.81 bits per heavy atom. The van der Waals surface area contributed by atoms with Crippen LogP contribution in [-0.2, 0) is 9.59 Å². The van der Waals surface area contributed by atoms with Crippen LogP contribution in [0.25, 0.3) is 6.08 Å². The summed E-state index contributed by atoms with van der Waals surface area (Å²) in [5.41, 5.74) is 1.23. The summed E-state index contributed by atoms with van der Waals surface area (Å²) in [6, 6.07) is 13.7. The van der Waals surface area contributed by atoms with Crippen LogP contribution >= 0.6 is 35.0 Å². The van der Waals surface area contributed by atoms with Crippen molar-refractivity contribution < 1.29 is 14.4 Å². The fourth-order valence-electron chi connectivity index (χ4n) is 2.26. The highest BCUT2D eigenvalue weighted by Gasteiger charge is 2.36. The maximum Gasteiger partial charge on any atom is 0.294 e. The molecule has 1 fully saturated rings. The number of nitrogens with one attached hydrogen (secondary N) is 1. The zero-order valence-electron chi connectivity index (χ0n) is 13.2. The highest BCUT2D eigenvalue weighted by Crippen LogP contribution is 2.33. The lowest BCUT2D eigenvalue weighted by Gasteiger charge is -2.12. The molecule has 132 valence electrons. The Labute approximate surface area is 164 Å². The normalized spacial score (nSPS) is 15.6. The second-order valence-electron chi connectivity index (χ2n) is 5.36. The van der Waals surface area contributed by atoms with Crippen LogP contribution in [0, 0.1) is 0 Å². The molecule has 0 unspecified atom stereocenters. The Morgan fingerprint density at radius 3 is 2.50 bits per heavy atom. The number of carbonyl (C=O) groups excluding carboxylic acids is 3. The highest BCUT2D eigenvalue weighted by molar-refractivity contribution is 8.18. The molecule has 0 aromatic heterocycles. The Hall–Kier alpha value is -2.28. The van der Waals surface area contributed by atoms with Crippen LogP contribution in [0.4, 0.5) is 10.5 Å². The lowest BCUT2D eigenvalue weighted by molar-refractivity contribution is -0.127. The SMILES string of the molecule is O=C(CN1C(=O)S/C(=C\c2ccc(Cl)c(Cl)c2)C1=O)Nc1ccccc1. The molecule has 1 aliphatic rings. The molecule has 0 aliphatic carbocycles. The summed E-state index contributed by atoms with van der Waals surface area (Å²) in [6.45, 7) is -0.349. The van der Waals surface area contributed by atoms with Crippen molar-refractivity contribution in [3.05, 3.63) is 69.0 Å². The van der Waals surface area contributed by atoms with Gasteiger partial charge in [-0.1, -0.05) is 47.5 Å². The van der Waals surface area contributed by atoms with Gasteiger partial charge in [0, 0.05) is 5.69 Å². The molecule has 0 radical (unpaired) electrons. The van der Waals surface area contributed by atoms with E-state index in [0.717, 1.165) is 16.7 Å². The van der Waals surface area contributed by atoms with Crippen LogP contribution in [-0.4, -0.2) is 28.5 Å². The molecule has 0 spiro atoms. The maximum atomic E-state index is 12.4. The van der Waals surface area contributed by atoms with Crippen molar-refractivity contribution in [2.75, 3.05) is 11.9 Å². The molecule has 2 aromatic carbocycles. The van der Waals surface area contributed by atoms with Gasteiger partial charge in [-0.2, -0.15) is 0 Å². The smallest absolute Gasteiger partial charge is 0.294 e. The number of benzene rings is 2. The second-order valence-corrected chi connectivity index (χ2v) is 7.16. The molecule has 1 saturated heterocycles. The van der Waals surface area contributed by atoms with Crippen molar-refractivity contribution in [2.45, 2.75) is 0 Å². The number of para-hydroxylation sites is 1. The average Bonchev–Trinajstić information content (AvgIpc) is 2.86. The molecule has 2 aromatic rings. The summed E-state index contributed by atoms with van der Waals surface area (Å²) in [5, 5.41) is 2.89. The lowest BCUT2D eigenvalue weighted by Crippen LogP contribution is -2.36. The van der Waals surface area contributed by atoms with Crippen LogP contribution in [0.3, 0.4) is 0 Å². The largest absolute Gasteiger partial charge is 0.325 e. The molecule has 1 aliphatic heterocycles. The van der Waals surface area contributed by atoms with E-state index in [1.807, 2.05) is 6.07 Å². The minimum atomic E-state index is -0.519. The van der Waals surface area contributed by atoms with Gasteiger partial charge in [0.1, 0.15) is 6.54 Å². The number of hydrogen-bond acceptors (Lipinski definition) is 4. The van der Waals surface area contributed by atoms with Crippen molar-refractivity contribution in [1.82, 2.24) is 4.90 Å². The van der Waals surface area contributed by atoms with Crippen molar-refractivity contribution in [3.63, 3.8) is 0 Å². The number of amides is 3. The zero-order valence-corrected chi connectivity index (χ0v) is 15.6. The summed E-state index contributed by atoms with van der Waals surface area (Å²) in [4.78, 5) is 37.8. The van der Waals surface area contributed by atoms with Crippen LogP contribution in [0.15, 0.2) is 53.4 Å². The maximum absolute atomic E-state index is 12.4. The molecule has 3 rings (SSSR count). The first-order valence-electron chi connectivity index (χ1n) is 7.49. The molecule has 1 heterocycles. The fraction of sp³-hybridized carbons (Fsp3) is 0.0556. The molecule has 0 atom stereocenters. The van der Waals surface area contributed by atoms with Crippen LogP contribution < -0.4 is 5.32 Å². The molecule has 3 amide bonds. The summed E-state index contributed by atoms with van der Waals surface area (Å²) >= 11 is 12.6. The summed E-state index contributed by atoms with van der Waals surface area (Å²) in [6.07, 6.45) is 1.54. The number of anilines is 1. The van der Waals surface area contributed by atoms with Gasteiger partial charge in [-0.3, -0.25) is 19.3 Å². The van der Waals surface area contributed by atoms with Gasteiger partial charge >= 0.3 is 0 Å². The summed E-state index contributed by atoms with van der Waals surface area (Å²) < 4.78 is 0. The van der Waals surface area contributed by atoms with E-state index in [-0.39, 0.29) is 11.4 Å². The molecular weight excluding hydrogens is 395 g/mol. The Morgan fingerprint density at radius 1 is 1.08 bits per heavy atom. The predicted octanol–water partition coefficient (Wildman–Crippen LogP) is 4.67. The van der Waals surface area contributed by atoms with Gasteiger partial charge in [0.15, 0.2) is 0 Å². The number of carbonyl (C=O) groups is 3. The third-order valence-electron chi connectivity index (χ3n) is 3.47. The first kappa shape index (κ1) is 18.5. The minimum absolute atomic E-state index is 0.223. The lowest BCUT2D eigenvalue weighted by atomic mass is 10.2. The number of hydrogen-bond donors (Lipinski definition) is 1. The van der Waals surface area contributed by atoms with Crippen molar-refractivity contribution in [1.29, 1.82) is 0 Å². The third kappa shape index (κ3) is 4.27. The van der Waals surface area contributed by atoms with E-state index in [4.69, 9.17) is 23.2 Å². The number of halogens is 2. The molecular formula is C18H12Cl2N2O3S. The van der Waals surface area contributed by atoms with Crippen molar-refractivity contribution >= 4 is 63.8 Å². The standard InChI is InChI=1S/C18H12Cl2N2O3S/c19-13-7-6-11(8-14(13)20)9-15-17(24)22(18(25)26-15)10-16(23)21-12-4-2-1-3-5-12/h1-9H,10H2,(H,21,23)/b15-9-. The monoisotopic (exact) mass is 406 g/mol. The van der Waals surface area contributed by atoms with E-state index in [0.29, 0.717) is 21.3 Å². The second kappa shape index (κ2) is 7.95. The number of nitrogens with zero attached hydrogens (tertiary/aromatic N) is 1. The Bertz CT molecular complexity index is 916. The Balaban J connectivity index is 1.71. The van der Waals surface area contributed by atoms with Crippen LogP contribution in [0.2, 0.25) is 10.0 Å². The fourth-order valence-corrected chi connectivity index (χ4v) is 3.40. The summed E-state index contributed by atoms with van der Waals surface area (Å²) in [5.74, 6) is -0.969. The number of rotatable bonds is 4. The van der Waals surface area contributed by atoms with Crippen molar-refractivity contribution in [2.24, 2.45) is 0 Å². The number of thioether (sulfide) groups is 1. The third-order valence-corrected chi connectivity index (χ3v) is 5.12. The van der Waals surface area contributed by atoms with E-state index >= 15 is 0 Å². The molecule has 5 nitrogen and oxygen atoms in total. The molecule has 1 N–H and O–H groups in total. The van der Waals surface area contributed by atoms with E-state index < -0.39 is 17.1 Å². The minimum Gasteiger partial charge on any atom is -0.325 e. The molecule has 0 saturated carbocycles. The average molecular weight is 407 g/mol. The van der Waals surface area contributed by atoms with Gasteiger partial charge in [0.25, 0.3) is 11.1 Å². The molecule has 0 bridgehead atoms. The highest BCUT2D eigenvalue weighted by atomic mass is 35.5. The van der Waals surface area contributed by atoms with Gasteiger partial charge in [-0.15, -0.1) is 0 Å². The van der Waals surface area contributed by atoms with Gasteiger partial charge in [-0.05, 0) is 47.7 Å². The molecule has 8 heteroatoms. The van der Waals surface area contributed by atoms with E-state index in [1.165, 1.54) is 0 Å². The van der Waals surface area contributed by atoms with E-state index in [9.17, 15) is 14.4 Å². The topological polar surface area (TPSA) is 66.5 Å². The van der Waals surface area contributed by atoms with Gasteiger partial charge in [-0.25, -0.2) is 0 Å².